The summed E-state index contributed by atoms with van der Waals surface area (Å²) >= 11 is 1.41. The normalized spacial score (nSPS) is 12.2. The number of carbonyl (C=O) groups excluding carboxylic acids is 1. The van der Waals surface area contributed by atoms with Crippen molar-refractivity contribution in [3.05, 3.63) is 77.2 Å². The molecule has 34 heavy (non-hydrogen) atoms. The number of fused-ring (bicyclic) bond motifs is 1. The summed E-state index contributed by atoms with van der Waals surface area (Å²) in [6.07, 6.45) is -1.87. The molecule has 2 aromatic carbocycles. The number of amides is 1. The van der Waals surface area contributed by atoms with Crippen LogP contribution in [0.15, 0.2) is 60.0 Å². The van der Waals surface area contributed by atoms with Gasteiger partial charge in [-0.05, 0) is 35.9 Å². The molecule has 0 aliphatic rings. The highest BCUT2D eigenvalue weighted by atomic mass is 32.2. The van der Waals surface area contributed by atoms with Crippen LogP contribution in [0.1, 0.15) is 34.0 Å². The minimum Gasteiger partial charge on any atom is -0.322 e. The smallest absolute Gasteiger partial charge is 0.322 e. The first-order valence-corrected chi connectivity index (χ1v) is 10.8. The zero-order chi connectivity index (χ0) is 24.5. The van der Waals surface area contributed by atoms with E-state index in [2.05, 4.69) is 25.5 Å². The van der Waals surface area contributed by atoms with Gasteiger partial charge in [-0.1, -0.05) is 12.1 Å². The van der Waals surface area contributed by atoms with E-state index in [4.69, 9.17) is 0 Å². The standard InChI is InChI=1S/C22H16F5N5OS/c1-21(23,24)14-6-13(7-15(8-14)22(25,26)27)19(33)31-16-4-2-3-12(5-16)10-34-20-17-9-30-32-18(17)28-11-29-20/h2-9,11H,10H2,1H3,(H,31,33)(H,28,29,30,32). The molecule has 0 fully saturated rings. The molecule has 1 amide bonds. The zero-order valence-electron chi connectivity index (χ0n) is 17.5. The summed E-state index contributed by atoms with van der Waals surface area (Å²) in [6, 6.07) is 8.31. The summed E-state index contributed by atoms with van der Waals surface area (Å²) in [5, 5.41) is 10.6. The fourth-order valence-electron chi connectivity index (χ4n) is 3.13. The maximum atomic E-state index is 13.7. The van der Waals surface area contributed by atoms with E-state index in [0.29, 0.717) is 41.2 Å². The fraction of sp³-hybridized carbons (Fsp3) is 0.182. The van der Waals surface area contributed by atoms with E-state index in [-0.39, 0.29) is 0 Å². The zero-order valence-corrected chi connectivity index (χ0v) is 18.3. The number of aromatic amines is 1. The molecular formula is C22H16F5N5OS. The van der Waals surface area contributed by atoms with Crippen LogP contribution in [-0.4, -0.2) is 26.1 Å². The van der Waals surface area contributed by atoms with Crippen molar-refractivity contribution in [2.75, 3.05) is 5.32 Å². The van der Waals surface area contributed by atoms with Crippen LogP contribution in [0.25, 0.3) is 11.0 Å². The van der Waals surface area contributed by atoms with Crippen molar-refractivity contribution in [2.24, 2.45) is 0 Å². The van der Waals surface area contributed by atoms with Crippen LogP contribution in [-0.2, 0) is 17.9 Å². The lowest BCUT2D eigenvalue weighted by molar-refractivity contribution is -0.137. The van der Waals surface area contributed by atoms with E-state index in [1.54, 1.807) is 30.5 Å². The van der Waals surface area contributed by atoms with Crippen molar-refractivity contribution in [1.82, 2.24) is 20.2 Å². The number of alkyl halides is 5. The summed E-state index contributed by atoms with van der Waals surface area (Å²) in [5.41, 5.74) is -1.04. The number of rotatable bonds is 6. The Hall–Kier alpha value is -3.54. The third-order valence-electron chi connectivity index (χ3n) is 4.80. The van der Waals surface area contributed by atoms with Gasteiger partial charge in [0.05, 0.1) is 17.1 Å². The molecule has 0 spiro atoms. The van der Waals surface area contributed by atoms with Crippen molar-refractivity contribution >= 4 is 34.4 Å². The number of benzene rings is 2. The van der Waals surface area contributed by atoms with Gasteiger partial charge in [-0.25, -0.2) is 18.7 Å². The van der Waals surface area contributed by atoms with Gasteiger partial charge in [0.15, 0.2) is 5.65 Å². The number of carbonyl (C=O) groups is 1. The number of halogens is 5. The van der Waals surface area contributed by atoms with Crippen LogP contribution < -0.4 is 5.32 Å². The quantitative estimate of drug-likeness (QED) is 0.195. The van der Waals surface area contributed by atoms with Crippen LogP contribution in [0.4, 0.5) is 27.6 Å². The van der Waals surface area contributed by atoms with Crippen LogP contribution in [0, 0.1) is 0 Å². The highest BCUT2D eigenvalue weighted by molar-refractivity contribution is 7.98. The van der Waals surface area contributed by atoms with E-state index < -0.39 is 34.7 Å². The summed E-state index contributed by atoms with van der Waals surface area (Å²) in [5.74, 6) is -4.01. The molecule has 0 aliphatic heterocycles. The molecule has 4 rings (SSSR count). The van der Waals surface area contributed by atoms with Crippen LogP contribution in [0.3, 0.4) is 0 Å². The number of thioether (sulfide) groups is 1. The van der Waals surface area contributed by atoms with Crippen molar-refractivity contribution < 1.29 is 26.7 Å². The highest BCUT2D eigenvalue weighted by Gasteiger charge is 2.35. The SMILES string of the molecule is CC(F)(F)c1cc(C(=O)Nc2cccc(CSc3ncnc4[nH]ncc34)c2)cc(C(F)(F)F)c1. The molecular weight excluding hydrogens is 477 g/mol. The largest absolute Gasteiger partial charge is 0.416 e. The monoisotopic (exact) mass is 493 g/mol. The Kier molecular flexibility index (Phi) is 6.26. The lowest BCUT2D eigenvalue weighted by Gasteiger charge is -2.16. The summed E-state index contributed by atoms with van der Waals surface area (Å²) in [6.45, 7) is 0.472. The molecule has 0 bridgehead atoms. The van der Waals surface area contributed by atoms with Crippen LogP contribution in [0.5, 0.6) is 0 Å². The van der Waals surface area contributed by atoms with Gasteiger partial charge in [0.1, 0.15) is 11.4 Å². The first-order chi connectivity index (χ1) is 16.0. The molecule has 2 heterocycles. The summed E-state index contributed by atoms with van der Waals surface area (Å²) < 4.78 is 67.0. The number of hydrogen-bond donors (Lipinski definition) is 2. The lowest BCUT2D eigenvalue weighted by Crippen LogP contribution is -2.17. The van der Waals surface area contributed by atoms with Crippen LogP contribution in [0.2, 0.25) is 0 Å². The van der Waals surface area contributed by atoms with Gasteiger partial charge in [0, 0.05) is 29.5 Å². The number of nitrogens with one attached hydrogen (secondary N) is 2. The van der Waals surface area contributed by atoms with Crippen molar-refractivity contribution in [3.8, 4) is 0 Å². The van der Waals surface area contributed by atoms with Gasteiger partial charge in [0.2, 0.25) is 0 Å². The Labute approximate surface area is 194 Å². The van der Waals surface area contributed by atoms with Crippen molar-refractivity contribution in [3.63, 3.8) is 0 Å². The number of H-pyrrole nitrogens is 1. The van der Waals surface area contributed by atoms with Crippen LogP contribution >= 0.6 is 11.8 Å². The Bertz CT molecular complexity index is 1320. The molecule has 2 aromatic heterocycles. The molecule has 0 saturated carbocycles. The molecule has 0 aliphatic carbocycles. The molecule has 2 N–H and O–H groups in total. The Balaban J connectivity index is 1.53. The van der Waals surface area contributed by atoms with Gasteiger partial charge >= 0.3 is 6.18 Å². The third-order valence-corrected chi connectivity index (χ3v) is 5.88. The van der Waals surface area contributed by atoms with E-state index in [1.807, 2.05) is 0 Å². The van der Waals surface area contributed by atoms with E-state index in [1.165, 1.54) is 18.1 Å². The van der Waals surface area contributed by atoms with Gasteiger partial charge in [-0.3, -0.25) is 9.89 Å². The lowest BCUT2D eigenvalue weighted by atomic mass is 10.0. The number of anilines is 1. The number of nitrogens with zero attached hydrogens (tertiary/aromatic N) is 3. The van der Waals surface area contributed by atoms with Gasteiger partial charge in [-0.15, -0.1) is 11.8 Å². The van der Waals surface area contributed by atoms with Crippen molar-refractivity contribution in [2.45, 2.75) is 29.8 Å². The van der Waals surface area contributed by atoms with E-state index in [9.17, 15) is 26.7 Å². The number of aromatic nitrogens is 4. The predicted molar refractivity (Wildman–Crippen MR) is 117 cm³/mol. The fourth-order valence-corrected chi connectivity index (χ4v) is 4.04. The molecule has 0 saturated heterocycles. The number of hydrogen-bond acceptors (Lipinski definition) is 5. The maximum absolute atomic E-state index is 13.7. The van der Waals surface area contributed by atoms with Gasteiger partial charge in [-0.2, -0.15) is 18.3 Å². The first-order valence-electron chi connectivity index (χ1n) is 9.78. The van der Waals surface area contributed by atoms with E-state index >= 15 is 0 Å². The van der Waals surface area contributed by atoms with Gasteiger partial charge < -0.3 is 5.32 Å². The molecule has 0 unspecified atom stereocenters. The summed E-state index contributed by atoms with van der Waals surface area (Å²) in [7, 11) is 0. The average molecular weight is 493 g/mol. The second kappa shape index (κ2) is 9.01. The highest BCUT2D eigenvalue weighted by Crippen LogP contribution is 2.35. The van der Waals surface area contributed by atoms with Gasteiger partial charge in [0.25, 0.3) is 11.8 Å². The molecule has 0 atom stereocenters. The molecule has 6 nitrogen and oxygen atoms in total. The molecule has 0 radical (unpaired) electrons. The Morgan fingerprint density at radius 3 is 2.56 bits per heavy atom. The molecule has 176 valence electrons. The van der Waals surface area contributed by atoms with Crippen molar-refractivity contribution in [1.29, 1.82) is 0 Å². The minimum absolute atomic E-state index is 0.307. The summed E-state index contributed by atoms with van der Waals surface area (Å²) in [4.78, 5) is 20.9. The average Bonchev–Trinajstić information content (AvgIpc) is 3.26. The van der Waals surface area contributed by atoms with E-state index in [0.717, 1.165) is 17.0 Å². The second-order valence-corrected chi connectivity index (χ2v) is 8.40. The first kappa shape index (κ1) is 23.6. The Morgan fingerprint density at radius 2 is 1.82 bits per heavy atom. The minimum atomic E-state index is -4.88. The second-order valence-electron chi connectivity index (χ2n) is 7.44. The Morgan fingerprint density at radius 1 is 1.06 bits per heavy atom. The third kappa shape index (κ3) is 5.33. The molecule has 4 aromatic rings. The topological polar surface area (TPSA) is 83.6 Å². The molecule has 12 heteroatoms. The predicted octanol–water partition coefficient (Wildman–Crippen LogP) is 6.03. The maximum Gasteiger partial charge on any atom is 0.416 e.